The minimum absolute atomic E-state index is 0.890. The van der Waals surface area contributed by atoms with Crippen molar-refractivity contribution in [1.29, 1.82) is 0 Å². The normalized spacial score (nSPS) is 10.5. The van der Waals surface area contributed by atoms with Crippen LogP contribution in [-0.4, -0.2) is 7.11 Å². The second kappa shape index (κ2) is 3.07. The first-order valence-corrected chi connectivity index (χ1v) is 5.19. The lowest BCUT2D eigenvalue weighted by Crippen LogP contribution is -1.82. The molecule has 0 fully saturated rings. The third-order valence-corrected chi connectivity index (χ3v) is 3.23. The van der Waals surface area contributed by atoms with E-state index in [9.17, 15) is 0 Å². The number of fused-ring (bicyclic) bond motifs is 1. The fraction of sp³-hybridized carbons (Fsp3) is 0.111. The van der Waals surface area contributed by atoms with E-state index in [1.54, 1.807) is 18.4 Å². The average molecular weight is 243 g/mol. The Morgan fingerprint density at radius 1 is 1.42 bits per heavy atom. The second-order valence-corrected chi connectivity index (χ2v) is 4.25. The quantitative estimate of drug-likeness (QED) is 0.742. The molecule has 0 N–H and O–H groups in total. The van der Waals surface area contributed by atoms with E-state index >= 15 is 0 Å². The smallest absolute Gasteiger partial charge is 0.133 e. The van der Waals surface area contributed by atoms with Crippen LogP contribution in [0, 0.1) is 0 Å². The lowest BCUT2D eigenvalue weighted by molar-refractivity contribution is 0.413. The summed E-state index contributed by atoms with van der Waals surface area (Å²) in [5.41, 5.74) is 0. The molecular formula is C9H7BrOS. The zero-order valence-electron chi connectivity index (χ0n) is 6.50. The van der Waals surface area contributed by atoms with Crippen LogP contribution in [0.2, 0.25) is 0 Å². The van der Waals surface area contributed by atoms with Crippen LogP contribution >= 0.6 is 27.3 Å². The molecule has 0 bridgehead atoms. The molecule has 0 atom stereocenters. The molecule has 0 saturated carbocycles. The van der Waals surface area contributed by atoms with Crippen LogP contribution in [0.5, 0.6) is 5.75 Å². The van der Waals surface area contributed by atoms with Gasteiger partial charge in [-0.2, -0.15) is 0 Å². The van der Waals surface area contributed by atoms with E-state index in [-0.39, 0.29) is 0 Å². The average Bonchev–Trinajstić information content (AvgIpc) is 2.49. The van der Waals surface area contributed by atoms with Gasteiger partial charge in [0.25, 0.3) is 0 Å². The first-order chi connectivity index (χ1) is 5.81. The third-order valence-electron chi connectivity index (χ3n) is 1.73. The molecule has 1 aromatic carbocycles. The summed E-state index contributed by atoms with van der Waals surface area (Å²) in [6.45, 7) is 0. The van der Waals surface area contributed by atoms with Gasteiger partial charge in [0.1, 0.15) is 5.75 Å². The number of rotatable bonds is 1. The molecule has 3 heteroatoms. The van der Waals surface area contributed by atoms with E-state index in [0.717, 1.165) is 10.2 Å². The Morgan fingerprint density at radius 3 is 3.00 bits per heavy atom. The molecule has 0 unspecified atom stereocenters. The largest absolute Gasteiger partial charge is 0.496 e. The summed E-state index contributed by atoms with van der Waals surface area (Å²) in [4.78, 5) is 0. The van der Waals surface area contributed by atoms with Crippen LogP contribution in [0.3, 0.4) is 0 Å². The minimum atomic E-state index is 0.890. The molecule has 0 aliphatic carbocycles. The van der Waals surface area contributed by atoms with Crippen LogP contribution in [0.1, 0.15) is 0 Å². The van der Waals surface area contributed by atoms with Gasteiger partial charge >= 0.3 is 0 Å². The van der Waals surface area contributed by atoms with Crippen molar-refractivity contribution in [3.63, 3.8) is 0 Å². The number of halogens is 1. The number of hydrogen-bond acceptors (Lipinski definition) is 2. The predicted octanol–water partition coefficient (Wildman–Crippen LogP) is 3.67. The minimum Gasteiger partial charge on any atom is -0.496 e. The van der Waals surface area contributed by atoms with Crippen LogP contribution in [-0.2, 0) is 0 Å². The number of methoxy groups -OCH3 is 1. The molecule has 0 saturated heterocycles. The molecule has 0 spiro atoms. The topological polar surface area (TPSA) is 9.23 Å². The highest BCUT2D eigenvalue weighted by Gasteiger charge is 2.02. The highest BCUT2D eigenvalue weighted by molar-refractivity contribution is 9.10. The van der Waals surface area contributed by atoms with Gasteiger partial charge in [-0.3, -0.25) is 0 Å². The summed E-state index contributed by atoms with van der Waals surface area (Å²) >= 11 is 5.18. The Balaban J connectivity index is 2.73. The Morgan fingerprint density at radius 2 is 2.25 bits per heavy atom. The Kier molecular flexibility index (Phi) is 2.07. The second-order valence-electron chi connectivity index (χ2n) is 2.45. The zero-order valence-corrected chi connectivity index (χ0v) is 8.91. The maximum Gasteiger partial charge on any atom is 0.133 e. The van der Waals surface area contributed by atoms with Gasteiger partial charge in [0.05, 0.1) is 11.6 Å². The Bertz CT molecular complexity index is 408. The van der Waals surface area contributed by atoms with Gasteiger partial charge < -0.3 is 4.74 Å². The SMILES string of the molecule is COc1cc2ccsc2cc1Br. The maximum absolute atomic E-state index is 5.18. The van der Waals surface area contributed by atoms with Crippen molar-refractivity contribution in [2.45, 2.75) is 0 Å². The van der Waals surface area contributed by atoms with Crippen LogP contribution < -0.4 is 4.74 Å². The summed E-state index contributed by atoms with van der Waals surface area (Å²) in [6, 6.07) is 6.21. The lowest BCUT2D eigenvalue weighted by atomic mass is 10.2. The standard InChI is InChI=1S/C9H7BrOS/c1-11-8-4-6-2-3-12-9(6)5-7(8)10/h2-5H,1H3. The number of hydrogen-bond donors (Lipinski definition) is 0. The zero-order chi connectivity index (χ0) is 8.55. The summed E-state index contributed by atoms with van der Waals surface area (Å²) in [5, 5.41) is 3.32. The summed E-state index contributed by atoms with van der Waals surface area (Å²) < 4.78 is 7.47. The van der Waals surface area contributed by atoms with Crippen LogP contribution in [0.15, 0.2) is 28.1 Å². The lowest BCUT2D eigenvalue weighted by Gasteiger charge is -2.01. The van der Waals surface area contributed by atoms with Crippen molar-refractivity contribution in [2.24, 2.45) is 0 Å². The molecule has 1 heterocycles. The molecule has 0 radical (unpaired) electrons. The number of benzene rings is 1. The Hall–Kier alpha value is -0.540. The van der Waals surface area contributed by atoms with E-state index in [2.05, 4.69) is 33.4 Å². The molecule has 12 heavy (non-hydrogen) atoms. The molecule has 1 aromatic heterocycles. The number of thiophene rings is 1. The number of ether oxygens (including phenoxy) is 1. The molecule has 2 aromatic rings. The fourth-order valence-corrected chi connectivity index (χ4v) is 2.59. The third kappa shape index (κ3) is 1.23. The van der Waals surface area contributed by atoms with Crippen molar-refractivity contribution in [3.05, 3.63) is 28.1 Å². The van der Waals surface area contributed by atoms with Gasteiger partial charge in [0.15, 0.2) is 0 Å². The molecule has 0 aliphatic rings. The predicted molar refractivity (Wildman–Crippen MR) is 56.1 cm³/mol. The van der Waals surface area contributed by atoms with Crippen molar-refractivity contribution >= 4 is 37.4 Å². The fourth-order valence-electron chi connectivity index (χ4n) is 1.12. The van der Waals surface area contributed by atoms with Gasteiger partial charge in [0, 0.05) is 4.70 Å². The molecule has 0 amide bonds. The van der Waals surface area contributed by atoms with Gasteiger partial charge in [-0.1, -0.05) is 0 Å². The Labute approximate surface area is 83.1 Å². The van der Waals surface area contributed by atoms with Crippen molar-refractivity contribution in [2.75, 3.05) is 7.11 Å². The van der Waals surface area contributed by atoms with E-state index in [1.807, 2.05) is 6.07 Å². The van der Waals surface area contributed by atoms with E-state index in [4.69, 9.17) is 4.74 Å². The highest BCUT2D eigenvalue weighted by Crippen LogP contribution is 2.32. The first kappa shape index (κ1) is 8.08. The highest BCUT2D eigenvalue weighted by atomic mass is 79.9. The van der Waals surface area contributed by atoms with Crippen molar-refractivity contribution < 1.29 is 4.74 Å². The molecule has 62 valence electrons. The molecular weight excluding hydrogens is 236 g/mol. The molecule has 2 rings (SSSR count). The van der Waals surface area contributed by atoms with Gasteiger partial charge in [-0.05, 0) is 44.9 Å². The summed E-state index contributed by atoms with van der Waals surface area (Å²) in [7, 11) is 1.68. The van der Waals surface area contributed by atoms with E-state index in [1.165, 1.54) is 10.1 Å². The van der Waals surface area contributed by atoms with Gasteiger partial charge in [-0.25, -0.2) is 0 Å². The van der Waals surface area contributed by atoms with Gasteiger partial charge in [0.2, 0.25) is 0 Å². The van der Waals surface area contributed by atoms with Gasteiger partial charge in [-0.15, -0.1) is 11.3 Å². The van der Waals surface area contributed by atoms with Crippen molar-refractivity contribution in [1.82, 2.24) is 0 Å². The maximum atomic E-state index is 5.18. The van der Waals surface area contributed by atoms with E-state index in [0.29, 0.717) is 0 Å². The summed E-state index contributed by atoms with van der Waals surface area (Å²) in [5.74, 6) is 0.890. The van der Waals surface area contributed by atoms with Crippen molar-refractivity contribution in [3.8, 4) is 5.75 Å². The van der Waals surface area contributed by atoms with Crippen LogP contribution in [0.25, 0.3) is 10.1 Å². The molecule has 0 aliphatic heterocycles. The summed E-state index contributed by atoms with van der Waals surface area (Å²) in [6.07, 6.45) is 0. The van der Waals surface area contributed by atoms with E-state index < -0.39 is 0 Å². The molecule has 1 nitrogen and oxygen atoms in total. The first-order valence-electron chi connectivity index (χ1n) is 3.52. The van der Waals surface area contributed by atoms with Crippen LogP contribution in [0.4, 0.5) is 0 Å². The monoisotopic (exact) mass is 242 g/mol.